The van der Waals surface area contributed by atoms with Gasteiger partial charge in [-0.05, 0) is 62.7 Å². The summed E-state index contributed by atoms with van der Waals surface area (Å²) in [5, 5.41) is 19.1. The zero-order chi connectivity index (χ0) is 34.5. The standard InChI is InChI=1S/C38H41N9O2/c1-24(2)41-34-21-39-22-35(44-34)43-33-19-26(17-18-40-33)23-49-31-16-15-30(28-9-7-8-10-29(28)31)42-37(48)45-36-20-32(38(4,5)6)46-47(36)27-13-11-25(3)12-14-27/h7-22,24H,23H2,1-6H3,(H2,42,45,48)(H2,40,41,43,44). The Morgan fingerprint density at radius 3 is 2.39 bits per heavy atom. The first kappa shape index (κ1) is 33.0. The maximum absolute atomic E-state index is 13.4. The summed E-state index contributed by atoms with van der Waals surface area (Å²) in [7, 11) is 0. The summed E-state index contributed by atoms with van der Waals surface area (Å²) in [5.74, 6) is 3.17. The molecule has 250 valence electrons. The summed E-state index contributed by atoms with van der Waals surface area (Å²) in [4.78, 5) is 26.7. The molecule has 0 bridgehead atoms. The summed E-state index contributed by atoms with van der Waals surface area (Å²) in [5.41, 5.74) is 4.26. The molecule has 0 saturated heterocycles. The molecule has 0 spiro atoms. The van der Waals surface area contributed by atoms with Crippen molar-refractivity contribution in [2.24, 2.45) is 0 Å². The Bertz CT molecular complexity index is 2080. The van der Waals surface area contributed by atoms with Crippen LogP contribution < -0.4 is 26.0 Å². The molecular weight excluding hydrogens is 614 g/mol. The number of aromatic nitrogens is 5. The van der Waals surface area contributed by atoms with Gasteiger partial charge in [0.2, 0.25) is 0 Å². The van der Waals surface area contributed by atoms with E-state index in [1.54, 1.807) is 23.3 Å². The van der Waals surface area contributed by atoms with Gasteiger partial charge in [-0.3, -0.25) is 10.3 Å². The van der Waals surface area contributed by atoms with Crippen LogP contribution in [0.25, 0.3) is 16.5 Å². The maximum atomic E-state index is 13.4. The van der Waals surface area contributed by atoms with Crippen molar-refractivity contribution in [2.45, 2.75) is 59.6 Å². The molecule has 49 heavy (non-hydrogen) atoms. The van der Waals surface area contributed by atoms with Crippen LogP contribution in [0, 0.1) is 6.92 Å². The number of carbonyl (C=O) groups is 1. The number of hydrogen-bond acceptors (Lipinski definition) is 8. The van der Waals surface area contributed by atoms with E-state index in [1.165, 1.54) is 0 Å². The average Bonchev–Trinajstić information content (AvgIpc) is 3.49. The smallest absolute Gasteiger partial charge is 0.324 e. The molecule has 3 aromatic heterocycles. The fraction of sp³-hybridized carbons (Fsp3) is 0.237. The lowest BCUT2D eigenvalue weighted by molar-refractivity contribution is 0.262. The fourth-order valence-corrected chi connectivity index (χ4v) is 5.21. The van der Waals surface area contributed by atoms with Crippen LogP contribution in [0.4, 0.5) is 33.8 Å². The predicted octanol–water partition coefficient (Wildman–Crippen LogP) is 8.60. The van der Waals surface area contributed by atoms with Gasteiger partial charge in [-0.1, -0.05) is 62.7 Å². The van der Waals surface area contributed by atoms with Crippen LogP contribution in [-0.2, 0) is 12.0 Å². The summed E-state index contributed by atoms with van der Waals surface area (Å²) >= 11 is 0. The second kappa shape index (κ2) is 14.0. The van der Waals surface area contributed by atoms with E-state index in [0.717, 1.165) is 33.3 Å². The first-order valence-electron chi connectivity index (χ1n) is 16.2. The number of hydrogen-bond donors (Lipinski definition) is 4. The number of nitrogens with one attached hydrogen (secondary N) is 4. The van der Waals surface area contributed by atoms with Gasteiger partial charge in [-0.25, -0.2) is 19.4 Å². The molecule has 3 heterocycles. The van der Waals surface area contributed by atoms with Crippen LogP contribution in [0.5, 0.6) is 5.75 Å². The number of urea groups is 1. The number of aryl methyl sites for hydroxylation is 1. The van der Waals surface area contributed by atoms with Crippen molar-refractivity contribution in [1.29, 1.82) is 0 Å². The van der Waals surface area contributed by atoms with Gasteiger partial charge in [0.1, 0.15) is 29.8 Å². The monoisotopic (exact) mass is 655 g/mol. The number of fused-ring (bicyclic) bond motifs is 1. The predicted molar refractivity (Wildman–Crippen MR) is 196 cm³/mol. The maximum Gasteiger partial charge on any atom is 0.324 e. The van der Waals surface area contributed by atoms with Crippen molar-refractivity contribution in [1.82, 2.24) is 24.7 Å². The van der Waals surface area contributed by atoms with Crippen LogP contribution in [-0.4, -0.2) is 36.8 Å². The molecule has 0 radical (unpaired) electrons. The highest BCUT2D eigenvalue weighted by molar-refractivity contribution is 6.07. The third-order valence-corrected chi connectivity index (χ3v) is 7.68. The lowest BCUT2D eigenvalue weighted by Crippen LogP contribution is -2.21. The molecule has 2 amide bonds. The van der Waals surface area contributed by atoms with E-state index in [2.05, 4.69) is 57.0 Å². The Hall–Kier alpha value is -5.97. The number of carbonyl (C=O) groups excluding carboxylic acids is 1. The van der Waals surface area contributed by atoms with E-state index in [9.17, 15) is 4.79 Å². The molecule has 6 aromatic rings. The number of anilines is 5. The zero-order valence-corrected chi connectivity index (χ0v) is 28.6. The van der Waals surface area contributed by atoms with E-state index in [0.29, 0.717) is 41.3 Å². The molecule has 3 aromatic carbocycles. The molecule has 0 aliphatic carbocycles. The summed E-state index contributed by atoms with van der Waals surface area (Å²) in [6.45, 7) is 12.7. The van der Waals surface area contributed by atoms with Gasteiger partial charge in [0.25, 0.3) is 0 Å². The third kappa shape index (κ3) is 8.13. The SMILES string of the molecule is Cc1ccc(-n2nc(C(C)(C)C)cc2NC(=O)Nc2ccc(OCc3ccnc(Nc4cncc(NC(C)C)n4)c3)c3ccccc23)cc1. The second-order valence-electron chi connectivity index (χ2n) is 13.2. The highest BCUT2D eigenvalue weighted by Crippen LogP contribution is 2.33. The van der Waals surface area contributed by atoms with Gasteiger partial charge in [-0.2, -0.15) is 5.10 Å². The summed E-state index contributed by atoms with van der Waals surface area (Å²) in [6, 6.07) is 25.2. The average molecular weight is 656 g/mol. The van der Waals surface area contributed by atoms with Gasteiger partial charge in [0.05, 0.1) is 29.5 Å². The minimum Gasteiger partial charge on any atom is -0.488 e. The molecule has 11 nitrogen and oxygen atoms in total. The number of rotatable bonds is 10. The molecule has 0 aliphatic heterocycles. The van der Waals surface area contributed by atoms with Crippen LogP contribution in [0.3, 0.4) is 0 Å². The molecular formula is C38H41N9O2. The first-order chi connectivity index (χ1) is 23.5. The van der Waals surface area contributed by atoms with Gasteiger partial charge >= 0.3 is 6.03 Å². The lowest BCUT2D eigenvalue weighted by Gasteiger charge is -2.15. The van der Waals surface area contributed by atoms with Crippen LogP contribution in [0.15, 0.2) is 97.5 Å². The van der Waals surface area contributed by atoms with Crippen molar-refractivity contribution in [3.8, 4) is 11.4 Å². The van der Waals surface area contributed by atoms with E-state index >= 15 is 0 Å². The molecule has 11 heteroatoms. The minimum absolute atomic E-state index is 0.200. The van der Waals surface area contributed by atoms with E-state index in [-0.39, 0.29) is 17.5 Å². The normalized spacial score (nSPS) is 11.4. The van der Waals surface area contributed by atoms with Crippen LogP contribution in [0.1, 0.15) is 51.4 Å². The molecule has 0 unspecified atom stereocenters. The molecule has 0 saturated carbocycles. The Labute approximate surface area is 286 Å². The molecule has 0 fully saturated rings. The quantitative estimate of drug-likeness (QED) is 0.115. The Morgan fingerprint density at radius 2 is 1.63 bits per heavy atom. The van der Waals surface area contributed by atoms with Crippen LogP contribution in [0.2, 0.25) is 0 Å². The summed E-state index contributed by atoms with van der Waals surface area (Å²) < 4.78 is 8.07. The van der Waals surface area contributed by atoms with E-state index in [4.69, 9.17) is 9.84 Å². The van der Waals surface area contributed by atoms with Crippen molar-refractivity contribution >= 4 is 45.8 Å². The number of ether oxygens (including phenoxy) is 1. The zero-order valence-electron chi connectivity index (χ0n) is 28.6. The largest absolute Gasteiger partial charge is 0.488 e. The first-order valence-corrected chi connectivity index (χ1v) is 16.2. The number of benzene rings is 3. The molecule has 6 rings (SSSR count). The highest BCUT2D eigenvalue weighted by Gasteiger charge is 2.22. The van der Waals surface area contributed by atoms with Gasteiger partial charge in [0, 0.05) is 34.5 Å². The van der Waals surface area contributed by atoms with Crippen molar-refractivity contribution in [2.75, 3.05) is 21.3 Å². The minimum atomic E-state index is -0.375. The highest BCUT2D eigenvalue weighted by atomic mass is 16.5. The number of amides is 2. The van der Waals surface area contributed by atoms with Gasteiger partial charge < -0.3 is 20.7 Å². The lowest BCUT2D eigenvalue weighted by atomic mass is 9.92. The van der Waals surface area contributed by atoms with Crippen molar-refractivity contribution in [3.05, 3.63) is 114 Å². The molecule has 0 atom stereocenters. The Balaban J connectivity index is 1.17. The second-order valence-corrected chi connectivity index (χ2v) is 13.2. The van der Waals surface area contributed by atoms with Crippen molar-refractivity contribution in [3.63, 3.8) is 0 Å². The molecule has 4 N–H and O–H groups in total. The number of nitrogens with zero attached hydrogens (tertiary/aromatic N) is 5. The Morgan fingerprint density at radius 1 is 0.878 bits per heavy atom. The number of pyridine rings is 1. The summed E-state index contributed by atoms with van der Waals surface area (Å²) in [6.07, 6.45) is 5.06. The van der Waals surface area contributed by atoms with Gasteiger partial charge in [-0.15, -0.1) is 0 Å². The Kier molecular flexibility index (Phi) is 9.43. The van der Waals surface area contributed by atoms with Crippen molar-refractivity contribution < 1.29 is 9.53 Å². The topological polar surface area (TPSA) is 131 Å². The van der Waals surface area contributed by atoms with Crippen LogP contribution >= 0.6 is 0 Å². The van der Waals surface area contributed by atoms with E-state index < -0.39 is 0 Å². The molecule has 0 aliphatic rings. The fourth-order valence-electron chi connectivity index (χ4n) is 5.21. The third-order valence-electron chi connectivity index (χ3n) is 7.68. The van der Waals surface area contributed by atoms with E-state index in [1.807, 2.05) is 99.6 Å². The van der Waals surface area contributed by atoms with Gasteiger partial charge in [0.15, 0.2) is 5.82 Å².